The molecule has 6 N–H and O–H groups in total. The van der Waals surface area contributed by atoms with Crippen LogP contribution < -0.4 is 11.5 Å². The van der Waals surface area contributed by atoms with E-state index in [1.807, 2.05) is 0 Å². The first-order chi connectivity index (χ1) is 21.7. The average Bonchev–Trinajstić information content (AvgIpc) is 3.01. The summed E-state index contributed by atoms with van der Waals surface area (Å²) in [4.78, 5) is 50.0. The first-order valence-electron chi connectivity index (χ1n) is 16.0. The molecule has 0 aliphatic heterocycles. The molecule has 0 radical (unpaired) electrons. The lowest BCUT2D eigenvalue weighted by molar-refractivity contribution is 0.0695. The summed E-state index contributed by atoms with van der Waals surface area (Å²) in [6.07, 6.45) is 13.7. The monoisotopic (exact) mass is 608 g/mol. The van der Waals surface area contributed by atoms with E-state index in [9.17, 15) is 29.4 Å². The Kier molecular flexibility index (Phi) is 9.51. The van der Waals surface area contributed by atoms with Gasteiger partial charge in [0, 0.05) is 21.9 Å². The molecule has 0 unspecified atom stereocenters. The maximum Gasteiger partial charge on any atom is 0.336 e. The summed E-state index contributed by atoms with van der Waals surface area (Å²) in [5.74, 6) is -3.84. The molecule has 0 heterocycles. The lowest BCUT2D eigenvalue weighted by Gasteiger charge is -2.21. The third-order valence-electron chi connectivity index (χ3n) is 9.13. The number of carboxylic acids is 2. The van der Waals surface area contributed by atoms with Crippen LogP contribution in [0.3, 0.4) is 0 Å². The van der Waals surface area contributed by atoms with Crippen molar-refractivity contribution < 1.29 is 29.4 Å². The molecule has 5 aromatic carbocycles. The predicted molar refractivity (Wildman–Crippen MR) is 179 cm³/mol. The summed E-state index contributed by atoms with van der Waals surface area (Å²) in [5.41, 5.74) is 12.7. The van der Waals surface area contributed by atoms with Gasteiger partial charge in [0.2, 0.25) is 11.8 Å². The minimum Gasteiger partial charge on any atom is -0.478 e. The third-order valence-corrected chi connectivity index (χ3v) is 9.13. The van der Waals surface area contributed by atoms with Crippen molar-refractivity contribution in [1.82, 2.24) is 0 Å². The highest BCUT2D eigenvalue weighted by Crippen LogP contribution is 2.45. The number of amides is 2. The van der Waals surface area contributed by atoms with Crippen molar-refractivity contribution in [3.63, 3.8) is 0 Å². The van der Waals surface area contributed by atoms with Crippen LogP contribution in [-0.2, 0) is 6.42 Å². The van der Waals surface area contributed by atoms with Gasteiger partial charge >= 0.3 is 11.9 Å². The standard InChI is InChI=1S/C37H40N2O6/c1-2-3-4-5-6-7-8-9-10-11-12-13-21-20-28(35(39)41)31-25(34(38)40)17-14-23-22-15-18-26(36(42)43)32-27(37(44)45)19-16-24(30(22)32)29(21)33(23)31/h14-20H,2-13H2,1H3,(H2,38,40)(H2,39,41)(H,42,43)(H,44,45). The Morgan fingerprint density at radius 1 is 0.511 bits per heavy atom. The van der Waals surface area contributed by atoms with E-state index in [4.69, 9.17) is 11.5 Å². The molecule has 0 aromatic heterocycles. The number of unbranched alkanes of at least 4 members (excludes halogenated alkanes) is 10. The first kappa shape index (κ1) is 31.7. The van der Waals surface area contributed by atoms with Crippen LogP contribution >= 0.6 is 0 Å². The number of nitrogens with two attached hydrogens (primary N) is 2. The molecule has 5 aromatic rings. The number of carboxylic acid groups (broad SMARTS) is 2. The first-order valence-corrected chi connectivity index (χ1v) is 16.0. The van der Waals surface area contributed by atoms with E-state index >= 15 is 0 Å². The molecule has 45 heavy (non-hydrogen) atoms. The fraction of sp³-hybridized carbons (Fsp3) is 0.351. The largest absolute Gasteiger partial charge is 0.478 e. The van der Waals surface area contributed by atoms with Gasteiger partial charge in [-0.1, -0.05) is 89.3 Å². The van der Waals surface area contributed by atoms with Crippen LogP contribution in [0, 0.1) is 0 Å². The summed E-state index contributed by atoms with van der Waals surface area (Å²) >= 11 is 0. The number of fused-ring (bicyclic) bond motifs is 2. The van der Waals surface area contributed by atoms with E-state index in [0.717, 1.165) is 30.2 Å². The van der Waals surface area contributed by atoms with Crippen LogP contribution in [0.1, 0.15) is 125 Å². The zero-order chi connectivity index (χ0) is 32.2. The van der Waals surface area contributed by atoms with Crippen LogP contribution in [0.2, 0.25) is 0 Å². The Labute approximate surface area is 261 Å². The van der Waals surface area contributed by atoms with E-state index < -0.39 is 23.8 Å². The molecule has 8 heteroatoms. The van der Waals surface area contributed by atoms with Crippen LogP contribution in [-0.4, -0.2) is 34.0 Å². The van der Waals surface area contributed by atoms with Crippen molar-refractivity contribution in [1.29, 1.82) is 0 Å². The molecule has 0 atom stereocenters. The second-order valence-corrected chi connectivity index (χ2v) is 12.1. The number of aryl methyl sites for hydroxylation is 1. The molecule has 0 aliphatic rings. The van der Waals surface area contributed by atoms with Crippen molar-refractivity contribution in [2.45, 2.75) is 84.0 Å². The Balaban J connectivity index is 1.64. The molecule has 234 valence electrons. The molecular weight excluding hydrogens is 568 g/mol. The van der Waals surface area contributed by atoms with E-state index in [1.165, 1.54) is 63.5 Å². The highest BCUT2D eigenvalue weighted by Gasteiger charge is 2.26. The lowest BCUT2D eigenvalue weighted by Crippen LogP contribution is -2.17. The normalized spacial score (nSPS) is 11.7. The molecule has 0 saturated heterocycles. The van der Waals surface area contributed by atoms with Crippen LogP contribution in [0.4, 0.5) is 0 Å². The summed E-state index contributed by atoms with van der Waals surface area (Å²) in [7, 11) is 0. The van der Waals surface area contributed by atoms with Crippen molar-refractivity contribution in [2.75, 3.05) is 0 Å². The SMILES string of the molecule is CCCCCCCCCCCCCc1cc(C(N)=O)c2c(C(N)=O)ccc3c4ccc(C(=O)O)c5c(C(=O)O)ccc(c1c23)c54. The molecule has 8 nitrogen and oxygen atoms in total. The van der Waals surface area contributed by atoms with Gasteiger partial charge in [-0.15, -0.1) is 0 Å². The Morgan fingerprint density at radius 2 is 0.956 bits per heavy atom. The number of primary amides is 2. The number of carbonyl (C=O) groups excluding carboxylic acids is 2. The number of carbonyl (C=O) groups is 4. The van der Waals surface area contributed by atoms with Crippen LogP contribution in [0.25, 0.3) is 43.1 Å². The molecule has 0 spiro atoms. The predicted octanol–water partition coefficient (Wildman–Crippen LogP) is 8.18. The topological polar surface area (TPSA) is 161 Å². The zero-order valence-electron chi connectivity index (χ0n) is 25.7. The fourth-order valence-electron chi connectivity index (χ4n) is 7.01. The fourth-order valence-corrected chi connectivity index (χ4v) is 7.01. The van der Waals surface area contributed by atoms with Gasteiger partial charge in [-0.05, 0) is 75.0 Å². The van der Waals surface area contributed by atoms with Gasteiger partial charge in [-0.2, -0.15) is 0 Å². The van der Waals surface area contributed by atoms with Gasteiger partial charge in [0.05, 0.1) is 11.1 Å². The second-order valence-electron chi connectivity index (χ2n) is 12.1. The molecule has 0 bridgehead atoms. The van der Waals surface area contributed by atoms with Gasteiger partial charge < -0.3 is 21.7 Å². The number of benzene rings is 5. The van der Waals surface area contributed by atoms with Gasteiger partial charge in [0.25, 0.3) is 0 Å². The molecular formula is C37H40N2O6. The van der Waals surface area contributed by atoms with E-state index in [2.05, 4.69) is 6.92 Å². The molecule has 0 fully saturated rings. The second kappa shape index (κ2) is 13.5. The van der Waals surface area contributed by atoms with Crippen molar-refractivity contribution in [3.8, 4) is 0 Å². The minimum atomic E-state index is -1.23. The maximum absolute atomic E-state index is 12.8. The van der Waals surface area contributed by atoms with E-state index in [0.29, 0.717) is 38.7 Å². The Morgan fingerprint density at radius 3 is 1.47 bits per heavy atom. The lowest BCUT2D eigenvalue weighted by atomic mass is 9.81. The molecule has 5 rings (SSSR count). The quantitative estimate of drug-likeness (QED) is 0.0502. The number of hydrogen-bond donors (Lipinski definition) is 4. The van der Waals surface area contributed by atoms with Gasteiger partial charge in [-0.25, -0.2) is 9.59 Å². The van der Waals surface area contributed by atoms with Crippen molar-refractivity contribution in [3.05, 3.63) is 70.3 Å². The van der Waals surface area contributed by atoms with Gasteiger partial charge in [0.1, 0.15) is 0 Å². The van der Waals surface area contributed by atoms with Crippen molar-refractivity contribution in [2.24, 2.45) is 11.5 Å². The van der Waals surface area contributed by atoms with Crippen LogP contribution in [0.5, 0.6) is 0 Å². The number of hydrogen-bond acceptors (Lipinski definition) is 4. The van der Waals surface area contributed by atoms with Gasteiger partial charge in [0.15, 0.2) is 0 Å². The van der Waals surface area contributed by atoms with Crippen LogP contribution in [0.15, 0.2) is 42.5 Å². The van der Waals surface area contributed by atoms with E-state index in [1.54, 1.807) is 30.3 Å². The smallest absolute Gasteiger partial charge is 0.336 e. The summed E-state index contributed by atoms with van der Waals surface area (Å²) in [6.45, 7) is 2.22. The number of aromatic carboxylic acids is 2. The third kappa shape index (κ3) is 6.01. The highest BCUT2D eigenvalue weighted by atomic mass is 16.4. The molecule has 2 amide bonds. The molecule has 0 aliphatic carbocycles. The Hall–Kier alpha value is -4.72. The number of rotatable bonds is 16. The average molecular weight is 609 g/mol. The van der Waals surface area contributed by atoms with E-state index in [-0.39, 0.29) is 27.6 Å². The summed E-state index contributed by atoms with van der Waals surface area (Å²) < 4.78 is 0. The Bertz CT molecular complexity index is 1920. The van der Waals surface area contributed by atoms with Crippen molar-refractivity contribution >= 4 is 66.8 Å². The molecule has 0 saturated carbocycles. The minimum absolute atomic E-state index is 0.109. The summed E-state index contributed by atoms with van der Waals surface area (Å²) in [5, 5.41) is 24.4. The van der Waals surface area contributed by atoms with Gasteiger partial charge in [-0.3, -0.25) is 9.59 Å². The maximum atomic E-state index is 12.8. The zero-order valence-corrected chi connectivity index (χ0v) is 25.7. The summed E-state index contributed by atoms with van der Waals surface area (Å²) in [6, 6.07) is 11.2. The highest BCUT2D eigenvalue weighted by molar-refractivity contribution is 6.38.